The predicted molar refractivity (Wildman–Crippen MR) is 179 cm³/mol. The third-order valence-corrected chi connectivity index (χ3v) is 11.0. The molecule has 264 valence electrons. The molecule has 0 bridgehead atoms. The molecule has 49 heavy (non-hydrogen) atoms. The Kier molecular flexibility index (Phi) is 11.5. The molecular formula is C32H34F3N3O8S3. The van der Waals surface area contributed by atoms with Crippen LogP contribution in [0.2, 0.25) is 0 Å². The van der Waals surface area contributed by atoms with Crippen molar-refractivity contribution in [3.8, 4) is 16.9 Å². The fourth-order valence-corrected chi connectivity index (χ4v) is 8.55. The van der Waals surface area contributed by atoms with Crippen LogP contribution < -0.4 is 15.2 Å². The zero-order chi connectivity index (χ0) is 36.2. The summed E-state index contributed by atoms with van der Waals surface area (Å²) in [5, 5.41) is 5.32. The zero-order valence-electron chi connectivity index (χ0n) is 26.6. The number of rotatable bonds is 15. The average molecular weight is 742 g/mol. The summed E-state index contributed by atoms with van der Waals surface area (Å²) in [6, 6.07) is 16.3. The number of carbonyl (C=O) groups excluding carboxylic acids is 2. The number of sulfonamides is 1. The van der Waals surface area contributed by atoms with Crippen molar-refractivity contribution in [1.29, 1.82) is 0 Å². The van der Waals surface area contributed by atoms with Crippen LogP contribution in [0.15, 0.2) is 66.7 Å². The molecule has 0 saturated carbocycles. The molecule has 1 atom stereocenters. The van der Waals surface area contributed by atoms with Gasteiger partial charge in [0.25, 0.3) is 0 Å². The number of thiazole rings is 1. The van der Waals surface area contributed by atoms with Gasteiger partial charge in [-0.3, -0.25) is 9.59 Å². The SMILES string of the molecule is COCC(C)(C)CC(=O)c1ccc(-c2ccc3nc(C(C(=O)NCCS(N)(=O)=O)S(=O)(=O)Cc4ccc(OC(F)(F)F)cc4)sc3c2)cc1. The van der Waals surface area contributed by atoms with Gasteiger partial charge in [0.1, 0.15) is 10.8 Å². The van der Waals surface area contributed by atoms with Crippen LogP contribution in [0, 0.1) is 5.41 Å². The summed E-state index contributed by atoms with van der Waals surface area (Å²) in [4.78, 5) is 30.6. The summed E-state index contributed by atoms with van der Waals surface area (Å²) in [7, 11) is -6.82. The Hall–Kier alpha value is -3.90. The first-order valence-corrected chi connectivity index (χ1v) is 18.9. The lowest BCUT2D eigenvalue weighted by molar-refractivity contribution is -0.274. The van der Waals surface area contributed by atoms with E-state index in [1.807, 2.05) is 13.8 Å². The maximum Gasteiger partial charge on any atom is 0.573 e. The molecule has 0 fully saturated rings. The standard InChI is InChI=1S/C32H34F3N3O8S3/c1-31(2,19-45-3)17-26(39)22-8-6-21(7-9-22)23-10-13-25-27(16-23)47-30(38-25)28(29(40)37-14-15-49(36,43)44)48(41,42)18-20-4-11-24(12-5-20)46-32(33,34)35/h4-13,16,28H,14-15,17-19H2,1-3H3,(H,37,40)(H2,36,43,44). The Morgan fingerprint density at radius 3 is 2.18 bits per heavy atom. The molecule has 0 radical (unpaired) electrons. The van der Waals surface area contributed by atoms with Gasteiger partial charge in [0.05, 0.1) is 28.3 Å². The molecule has 0 aliphatic carbocycles. The van der Waals surface area contributed by atoms with Crippen LogP contribution >= 0.6 is 11.3 Å². The van der Waals surface area contributed by atoms with E-state index in [-0.39, 0.29) is 21.8 Å². The maximum atomic E-state index is 13.7. The number of methoxy groups -OCH3 is 1. The van der Waals surface area contributed by atoms with E-state index >= 15 is 0 Å². The molecule has 1 heterocycles. The van der Waals surface area contributed by atoms with Crippen LogP contribution in [-0.2, 0) is 35.1 Å². The number of halogens is 3. The summed E-state index contributed by atoms with van der Waals surface area (Å²) in [6.07, 6.45) is -4.64. The minimum atomic E-state index is -4.94. The van der Waals surface area contributed by atoms with Gasteiger partial charge >= 0.3 is 6.36 Å². The van der Waals surface area contributed by atoms with Gasteiger partial charge in [-0.2, -0.15) is 0 Å². The molecule has 0 aliphatic rings. The number of alkyl halides is 3. The number of ketones is 1. The number of fused-ring (bicyclic) bond motifs is 1. The second-order valence-electron chi connectivity index (χ2n) is 12.0. The number of hydrogen-bond donors (Lipinski definition) is 2. The van der Waals surface area contributed by atoms with Crippen molar-refractivity contribution in [3.05, 3.63) is 82.9 Å². The van der Waals surface area contributed by atoms with Gasteiger partial charge < -0.3 is 14.8 Å². The molecular weight excluding hydrogens is 708 g/mol. The second kappa shape index (κ2) is 14.9. The molecule has 3 aromatic carbocycles. The highest BCUT2D eigenvalue weighted by Crippen LogP contribution is 2.35. The summed E-state index contributed by atoms with van der Waals surface area (Å²) in [5.41, 5.74) is 2.18. The van der Waals surface area contributed by atoms with Crippen molar-refractivity contribution < 1.29 is 49.1 Å². The van der Waals surface area contributed by atoms with E-state index in [1.54, 1.807) is 49.6 Å². The summed E-state index contributed by atoms with van der Waals surface area (Å²) >= 11 is 0.942. The summed E-state index contributed by atoms with van der Waals surface area (Å²) < 4.78 is 97.5. The topological polar surface area (TPSA) is 172 Å². The minimum absolute atomic E-state index is 0.0312. The second-order valence-corrected chi connectivity index (χ2v) is 16.9. The number of sulfone groups is 1. The van der Waals surface area contributed by atoms with E-state index in [1.165, 1.54) is 0 Å². The van der Waals surface area contributed by atoms with Gasteiger partial charge in [-0.25, -0.2) is 27.0 Å². The van der Waals surface area contributed by atoms with Crippen molar-refractivity contribution in [2.75, 3.05) is 26.0 Å². The fraction of sp³-hybridized carbons (Fsp3) is 0.344. The fourth-order valence-electron chi connectivity index (χ4n) is 5.00. The first-order chi connectivity index (χ1) is 22.7. The van der Waals surface area contributed by atoms with Crippen molar-refractivity contribution in [1.82, 2.24) is 10.3 Å². The highest BCUT2D eigenvalue weighted by atomic mass is 32.2. The highest BCUT2D eigenvalue weighted by molar-refractivity contribution is 7.91. The highest BCUT2D eigenvalue weighted by Gasteiger charge is 2.37. The molecule has 0 spiro atoms. The number of nitrogens with two attached hydrogens (primary N) is 1. The minimum Gasteiger partial charge on any atom is -0.406 e. The Bertz CT molecular complexity index is 2030. The number of primary sulfonamides is 1. The third-order valence-electron chi connectivity index (χ3n) is 7.15. The third kappa shape index (κ3) is 10.8. The number of nitrogens with zero attached hydrogens (tertiary/aromatic N) is 1. The van der Waals surface area contributed by atoms with Gasteiger partial charge in [-0.1, -0.05) is 56.3 Å². The maximum absolute atomic E-state index is 13.7. The van der Waals surface area contributed by atoms with Crippen LogP contribution in [-0.4, -0.2) is 65.9 Å². The number of ether oxygens (including phenoxy) is 2. The van der Waals surface area contributed by atoms with Gasteiger partial charge in [0.2, 0.25) is 15.9 Å². The van der Waals surface area contributed by atoms with E-state index in [2.05, 4.69) is 15.0 Å². The van der Waals surface area contributed by atoms with Crippen molar-refractivity contribution in [3.63, 3.8) is 0 Å². The van der Waals surface area contributed by atoms with Crippen molar-refractivity contribution in [2.24, 2.45) is 10.6 Å². The quantitative estimate of drug-likeness (QED) is 0.156. The lowest BCUT2D eigenvalue weighted by Gasteiger charge is -2.22. The average Bonchev–Trinajstić information content (AvgIpc) is 3.38. The van der Waals surface area contributed by atoms with Crippen LogP contribution in [0.5, 0.6) is 5.75 Å². The molecule has 4 aromatic rings. The van der Waals surface area contributed by atoms with Crippen molar-refractivity contribution >= 4 is 53.1 Å². The van der Waals surface area contributed by atoms with Gasteiger partial charge in [0, 0.05) is 25.6 Å². The number of hydrogen-bond acceptors (Lipinski definition) is 10. The largest absolute Gasteiger partial charge is 0.573 e. The van der Waals surface area contributed by atoms with E-state index < -0.39 is 61.2 Å². The van der Waals surface area contributed by atoms with E-state index in [0.717, 1.165) is 46.7 Å². The lowest BCUT2D eigenvalue weighted by atomic mass is 9.86. The molecule has 0 saturated heterocycles. The summed E-state index contributed by atoms with van der Waals surface area (Å²) in [6.45, 7) is 3.85. The van der Waals surface area contributed by atoms with Gasteiger partial charge in [0.15, 0.2) is 20.9 Å². The normalized spacial score (nSPS) is 13.3. The van der Waals surface area contributed by atoms with Crippen molar-refractivity contribution in [2.45, 2.75) is 37.6 Å². The number of aromatic nitrogens is 1. The monoisotopic (exact) mass is 741 g/mol. The Labute approximate surface area is 285 Å². The predicted octanol–water partition coefficient (Wildman–Crippen LogP) is 5.17. The molecule has 1 aromatic heterocycles. The molecule has 17 heteroatoms. The molecule has 4 rings (SSSR count). The molecule has 1 unspecified atom stereocenters. The Morgan fingerprint density at radius 2 is 1.59 bits per heavy atom. The van der Waals surface area contributed by atoms with E-state index in [9.17, 15) is 39.6 Å². The number of benzene rings is 3. The first-order valence-electron chi connectivity index (χ1n) is 14.6. The molecule has 1 amide bonds. The number of nitrogens with one attached hydrogen (secondary N) is 1. The van der Waals surface area contributed by atoms with Crippen LogP contribution in [0.1, 0.15) is 46.4 Å². The molecule has 0 aliphatic heterocycles. The number of amides is 1. The van der Waals surface area contributed by atoms with E-state index in [0.29, 0.717) is 28.8 Å². The number of carbonyl (C=O) groups is 2. The van der Waals surface area contributed by atoms with Gasteiger partial charge in [-0.05, 0) is 46.4 Å². The molecule has 3 N–H and O–H groups in total. The smallest absolute Gasteiger partial charge is 0.406 e. The van der Waals surface area contributed by atoms with Gasteiger partial charge in [-0.15, -0.1) is 24.5 Å². The Morgan fingerprint density at radius 1 is 0.959 bits per heavy atom. The first kappa shape index (κ1) is 37.9. The van der Waals surface area contributed by atoms with Crippen LogP contribution in [0.25, 0.3) is 21.3 Å². The Balaban J connectivity index is 1.62. The van der Waals surface area contributed by atoms with E-state index in [4.69, 9.17) is 9.88 Å². The lowest BCUT2D eigenvalue weighted by Crippen LogP contribution is -2.37. The van der Waals surface area contributed by atoms with Crippen LogP contribution in [0.4, 0.5) is 13.2 Å². The number of Topliss-reactive ketones (excluding diaryl/α,β-unsaturated/α-hetero) is 1. The summed E-state index contributed by atoms with van der Waals surface area (Å²) in [5.74, 6) is -3.03. The zero-order valence-corrected chi connectivity index (χ0v) is 29.1. The molecule has 11 nitrogen and oxygen atoms in total. The van der Waals surface area contributed by atoms with Crippen LogP contribution in [0.3, 0.4) is 0 Å².